The molecule has 1 saturated heterocycles. The minimum atomic E-state index is 0. The summed E-state index contributed by atoms with van der Waals surface area (Å²) in [5.74, 6) is 1.93. The zero-order valence-corrected chi connectivity index (χ0v) is 24.2. The van der Waals surface area contributed by atoms with Gasteiger partial charge in [0, 0.05) is 14.1 Å². The maximum absolute atomic E-state index is 5.44. The maximum Gasteiger partial charge on any atom is 0.393 e. The van der Waals surface area contributed by atoms with Crippen LogP contribution < -0.4 is 12.4 Å². The van der Waals surface area contributed by atoms with E-state index >= 15 is 0 Å². The molecule has 204 valence electrons. The number of likely N-dealkylation sites (N-methyl/N-ethyl adjacent to an activating group) is 4. The largest absolute Gasteiger partial charge is 1.00 e. The lowest BCUT2D eigenvalue weighted by Gasteiger charge is -2.26. The van der Waals surface area contributed by atoms with E-state index < -0.39 is 0 Å². The summed E-state index contributed by atoms with van der Waals surface area (Å²) >= 11 is 0. The van der Waals surface area contributed by atoms with Gasteiger partial charge >= 0.3 is 5.96 Å². The third kappa shape index (κ3) is 4.75. The SMILES string of the molecule is CN1C(N=C2N(C)[C@@H](c3ccccc3)[C@H](c3ccccc3)N2C)=[N+](C)C(c2ccccc2)C1c1ccccc1.[Cl-]. The standard InChI is InChI=1S/C34H36N5.ClH/c1-36-29(25-17-9-5-10-18-25)30(26-19-11-6-12-20-26)37(2)33(36)35-34-38(3)31(27-21-13-7-14-22-27)32(39(34)4)28-23-15-8-16-24-28;/h5-24,29-32H,1-4H3;1H/q+1;/p-1/t29-,30-,31?,32?;/m0./s1. The number of rotatable bonds is 4. The average molecular weight is 550 g/mol. The van der Waals surface area contributed by atoms with E-state index in [1.807, 2.05) is 0 Å². The first-order chi connectivity index (χ1) is 19.1. The molecule has 0 bridgehead atoms. The second kappa shape index (κ2) is 11.6. The first kappa shape index (κ1) is 27.5. The van der Waals surface area contributed by atoms with Crippen LogP contribution in [-0.2, 0) is 0 Å². The van der Waals surface area contributed by atoms with Crippen LogP contribution >= 0.6 is 0 Å². The quantitative estimate of drug-likeness (QED) is 0.366. The fraction of sp³-hybridized carbons (Fsp3) is 0.235. The van der Waals surface area contributed by atoms with E-state index in [4.69, 9.17) is 4.99 Å². The van der Waals surface area contributed by atoms with Gasteiger partial charge in [-0.25, -0.2) is 0 Å². The average Bonchev–Trinajstić information content (AvgIpc) is 3.39. The van der Waals surface area contributed by atoms with Crippen molar-refractivity contribution in [3.05, 3.63) is 144 Å². The lowest BCUT2D eigenvalue weighted by atomic mass is 9.93. The Hall–Kier alpha value is -4.09. The summed E-state index contributed by atoms with van der Waals surface area (Å²) in [4.78, 5) is 12.5. The van der Waals surface area contributed by atoms with Crippen LogP contribution in [0.1, 0.15) is 46.4 Å². The molecule has 6 heteroatoms. The van der Waals surface area contributed by atoms with Crippen molar-refractivity contribution in [2.24, 2.45) is 4.99 Å². The van der Waals surface area contributed by atoms with Crippen molar-refractivity contribution >= 4 is 11.9 Å². The van der Waals surface area contributed by atoms with Crippen LogP contribution in [0.3, 0.4) is 0 Å². The van der Waals surface area contributed by atoms with Crippen LogP contribution in [0, 0.1) is 0 Å². The second-order valence-electron chi connectivity index (χ2n) is 10.6. The van der Waals surface area contributed by atoms with Gasteiger partial charge in [-0.2, -0.15) is 0 Å². The molecular weight excluding hydrogens is 514 g/mol. The van der Waals surface area contributed by atoms with Gasteiger partial charge in [-0.1, -0.05) is 121 Å². The highest BCUT2D eigenvalue weighted by Crippen LogP contribution is 2.44. The minimum Gasteiger partial charge on any atom is -1.00 e. The van der Waals surface area contributed by atoms with E-state index in [1.165, 1.54) is 22.3 Å². The molecule has 2 heterocycles. The monoisotopic (exact) mass is 549 g/mol. The van der Waals surface area contributed by atoms with Gasteiger partial charge in [-0.15, -0.1) is 0 Å². The molecule has 2 aliphatic heterocycles. The van der Waals surface area contributed by atoms with Crippen molar-refractivity contribution in [2.45, 2.75) is 24.2 Å². The van der Waals surface area contributed by atoms with E-state index in [1.54, 1.807) is 0 Å². The molecule has 1 fully saturated rings. The minimum absolute atomic E-state index is 0. The number of hydrogen-bond acceptors (Lipinski definition) is 2. The van der Waals surface area contributed by atoms with Crippen molar-refractivity contribution in [1.82, 2.24) is 14.7 Å². The van der Waals surface area contributed by atoms with Gasteiger partial charge in [-0.05, 0) is 27.2 Å². The predicted molar refractivity (Wildman–Crippen MR) is 159 cm³/mol. The number of hydrogen-bond donors (Lipinski definition) is 0. The molecule has 0 radical (unpaired) electrons. The number of guanidine groups is 2. The topological polar surface area (TPSA) is 25.1 Å². The van der Waals surface area contributed by atoms with E-state index in [0.29, 0.717) is 0 Å². The van der Waals surface area contributed by atoms with Crippen molar-refractivity contribution < 1.29 is 17.0 Å². The molecule has 6 rings (SSSR count). The van der Waals surface area contributed by atoms with E-state index in [0.717, 1.165) is 11.9 Å². The zero-order chi connectivity index (χ0) is 26.9. The molecule has 5 nitrogen and oxygen atoms in total. The highest BCUT2D eigenvalue weighted by atomic mass is 35.5. The Balaban J connectivity index is 0.00000323. The molecule has 4 aromatic carbocycles. The predicted octanol–water partition coefficient (Wildman–Crippen LogP) is 3.13. The summed E-state index contributed by atoms with van der Waals surface area (Å²) in [6.07, 6.45) is 0. The van der Waals surface area contributed by atoms with Crippen molar-refractivity contribution in [2.75, 3.05) is 28.2 Å². The lowest BCUT2D eigenvalue weighted by Crippen LogP contribution is -3.00. The molecule has 0 spiro atoms. The van der Waals surface area contributed by atoms with Gasteiger partial charge in [0.15, 0.2) is 0 Å². The van der Waals surface area contributed by atoms with Crippen LogP contribution in [-0.4, -0.2) is 59.4 Å². The van der Waals surface area contributed by atoms with Gasteiger partial charge in [0.1, 0.15) is 12.1 Å². The number of aliphatic imine (C=N–C) groups is 1. The number of benzene rings is 4. The van der Waals surface area contributed by atoms with Crippen molar-refractivity contribution in [3.63, 3.8) is 0 Å². The van der Waals surface area contributed by atoms with E-state index in [9.17, 15) is 0 Å². The summed E-state index contributed by atoms with van der Waals surface area (Å²) in [5.41, 5.74) is 5.14. The van der Waals surface area contributed by atoms with Crippen LogP contribution in [0.2, 0.25) is 0 Å². The number of nitrogens with zero attached hydrogens (tertiary/aromatic N) is 5. The molecule has 2 unspecified atom stereocenters. The maximum atomic E-state index is 5.44. The van der Waals surface area contributed by atoms with Crippen LogP contribution in [0.5, 0.6) is 0 Å². The molecule has 4 atom stereocenters. The second-order valence-corrected chi connectivity index (χ2v) is 10.6. The molecule has 40 heavy (non-hydrogen) atoms. The molecule has 0 aliphatic carbocycles. The van der Waals surface area contributed by atoms with Crippen molar-refractivity contribution in [1.29, 1.82) is 0 Å². The first-order valence-electron chi connectivity index (χ1n) is 13.6. The fourth-order valence-electron chi connectivity index (χ4n) is 6.47. The van der Waals surface area contributed by atoms with Gasteiger partial charge in [-0.3, -0.25) is 9.48 Å². The van der Waals surface area contributed by atoms with Gasteiger partial charge in [0.25, 0.3) is 5.96 Å². The lowest BCUT2D eigenvalue weighted by molar-refractivity contribution is -0.539. The third-order valence-electron chi connectivity index (χ3n) is 8.29. The summed E-state index contributed by atoms with van der Waals surface area (Å²) in [6, 6.07) is 43.8. The Kier molecular flexibility index (Phi) is 7.95. The molecule has 0 N–H and O–H groups in total. The van der Waals surface area contributed by atoms with Crippen LogP contribution in [0.15, 0.2) is 126 Å². The van der Waals surface area contributed by atoms with E-state index in [-0.39, 0.29) is 36.6 Å². The molecule has 0 saturated carbocycles. The number of halogens is 1. The van der Waals surface area contributed by atoms with Gasteiger partial charge in [0.2, 0.25) is 0 Å². The summed E-state index contributed by atoms with van der Waals surface area (Å²) in [5, 5.41) is 0. The fourth-order valence-corrected chi connectivity index (χ4v) is 6.47. The molecule has 0 amide bonds. The Morgan fingerprint density at radius 3 is 1.25 bits per heavy atom. The van der Waals surface area contributed by atoms with Crippen LogP contribution in [0.25, 0.3) is 0 Å². The Morgan fingerprint density at radius 1 is 0.500 bits per heavy atom. The Bertz CT molecular complexity index is 1420. The normalized spacial score (nSPS) is 22.5. The van der Waals surface area contributed by atoms with Crippen molar-refractivity contribution in [3.8, 4) is 0 Å². The molecule has 2 aliphatic rings. The highest BCUT2D eigenvalue weighted by molar-refractivity contribution is 5.95. The molecular formula is C34H36ClN5. The summed E-state index contributed by atoms with van der Waals surface area (Å²) in [6.45, 7) is 0. The van der Waals surface area contributed by atoms with Gasteiger partial charge < -0.3 is 22.2 Å². The Labute approximate surface area is 244 Å². The zero-order valence-electron chi connectivity index (χ0n) is 23.5. The van der Waals surface area contributed by atoms with Crippen LogP contribution in [0.4, 0.5) is 0 Å². The Morgan fingerprint density at radius 2 is 0.850 bits per heavy atom. The van der Waals surface area contributed by atoms with E-state index in [2.05, 4.69) is 169 Å². The van der Waals surface area contributed by atoms with Gasteiger partial charge in [0.05, 0.1) is 26.2 Å². The highest BCUT2D eigenvalue weighted by Gasteiger charge is 2.49. The molecule has 4 aromatic rings. The third-order valence-corrected chi connectivity index (χ3v) is 8.29. The summed E-state index contributed by atoms with van der Waals surface area (Å²) < 4.78 is 2.34. The smallest absolute Gasteiger partial charge is 0.393 e. The first-order valence-corrected chi connectivity index (χ1v) is 13.6. The summed E-state index contributed by atoms with van der Waals surface area (Å²) in [7, 11) is 8.70. The molecule has 0 aromatic heterocycles.